The van der Waals surface area contributed by atoms with Crippen LogP contribution in [-0.2, 0) is 30.9 Å². The van der Waals surface area contributed by atoms with E-state index in [1.165, 1.54) is 30.3 Å². The van der Waals surface area contributed by atoms with Gasteiger partial charge in [0.1, 0.15) is 11.6 Å². The second-order valence-corrected chi connectivity index (χ2v) is 8.40. The zero-order valence-electron chi connectivity index (χ0n) is 17.5. The summed E-state index contributed by atoms with van der Waals surface area (Å²) in [5, 5.41) is 16.8. The summed E-state index contributed by atoms with van der Waals surface area (Å²) in [5.74, 6) is -1.56. The fraction of sp³-hybridized carbons (Fsp3) is 0.286. The summed E-state index contributed by atoms with van der Waals surface area (Å²) in [5.41, 5.74) is 2.76. The number of nitrogens with one attached hydrogen (secondary N) is 1. The van der Waals surface area contributed by atoms with Gasteiger partial charge in [-0.05, 0) is 62.2 Å². The molecule has 1 amide bonds. The van der Waals surface area contributed by atoms with Crippen molar-refractivity contribution >= 4 is 33.7 Å². The van der Waals surface area contributed by atoms with Gasteiger partial charge in [-0.3, -0.25) is 4.79 Å². The molecule has 0 fully saturated rings. The number of benzene rings is 1. The molecule has 0 aliphatic heterocycles. The lowest BCUT2D eigenvalue weighted by Crippen LogP contribution is -2.21. The van der Waals surface area contributed by atoms with Crippen LogP contribution in [0.25, 0.3) is 6.08 Å². The number of hydrogen-bond acceptors (Lipinski definition) is 6. The van der Waals surface area contributed by atoms with Crippen molar-refractivity contribution in [2.45, 2.75) is 38.6 Å². The molecule has 2 rings (SSSR count). The molecule has 1 aromatic heterocycles. The second kappa shape index (κ2) is 10.1. The van der Waals surface area contributed by atoms with E-state index < -0.39 is 28.5 Å². The van der Waals surface area contributed by atoms with Gasteiger partial charge in [-0.25, -0.2) is 18.4 Å². The number of carbonyl (C=O) groups is 2. The van der Waals surface area contributed by atoms with E-state index in [0.717, 1.165) is 29.9 Å². The van der Waals surface area contributed by atoms with Gasteiger partial charge in [0.15, 0.2) is 6.61 Å². The molecular weight excluding hydrogens is 420 g/mol. The fourth-order valence-electron chi connectivity index (χ4n) is 2.97. The van der Waals surface area contributed by atoms with Crippen molar-refractivity contribution in [3.05, 3.63) is 52.9 Å². The predicted molar refractivity (Wildman–Crippen MR) is 115 cm³/mol. The van der Waals surface area contributed by atoms with Gasteiger partial charge in [-0.15, -0.1) is 0 Å². The Morgan fingerprint density at radius 2 is 1.90 bits per heavy atom. The number of ether oxygens (including phenoxy) is 1. The molecule has 0 aliphatic rings. The maximum atomic E-state index is 12.2. The van der Waals surface area contributed by atoms with E-state index in [4.69, 9.17) is 9.88 Å². The van der Waals surface area contributed by atoms with Crippen molar-refractivity contribution in [1.29, 1.82) is 5.26 Å². The molecule has 2 aromatic rings. The largest absolute Gasteiger partial charge is 0.451 e. The van der Waals surface area contributed by atoms with Gasteiger partial charge in [0.05, 0.1) is 4.90 Å². The third-order valence-corrected chi connectivity index (χ3v) is 5.43. The van der Waals surface area contributed by atoms with Crippen LogP contribution in [0.5, 0.6) is 0 Å². The Morgan fingerprint density at radius 3 is 2.45 bits per heavy atom. The molecule has 10 heteroatoms. The van der Waals surface area contributed by atoms with E-state index in [9.17, 15) is 23.3 Å². The van der Waals surface area contributed by atoms with Crippen molar-refractivity contribution in [3.63, 3.8) is 0 Å². The Hall–Kier alpha value is -3.42. The smallest absolute Gasteiger partial charge is 0.349 e. The number of nitriles is 1. The minimum Gasteiger partial charge on any atom is -0.451 e. The summed E-state index contributed by atoms with van der Waals surface area (Å²) in [6.45, 7) is 6.14. The Balaban J connectivity index is 2.02. The minimum absolute atomic E-state index is 0.0981. The number of amides is 1. The number of nitrogens with two attached hydrogens (primary N) is 1. The molecule has 0 saturated heterocycles. The molecule has 0 atom stereocenters. The lowest BCUT2D eigenvalue weighted by Gasteiger charge is -2.08. The number of sulfonamides is 1. The summed E-state index contributed by atoms with van der Waals surface area (Å²) in [6.07, 6.45) is 2.40. The number of anilines is 1. The van der Waals surface area contributed by atoms with E-state index in [1.807, 2.05) is 26.0 Å². The summed E-state index contributed by atoms with van der Waals surface area (Å²) in [4.78, 5) is 24.1. The van der Waals surface area contributed by atoms with Crippen LogP contribution in [0.15, 0.2) is 40.8 Å². The normalized spacial score (nSPS) is 11.6. The van der Waals surface area contributed by atoms with E-state index in [0.29, 0.717) is 5.69 Å². The summed E-state index contributed by atoms with van der Waals surface area (Å²) in [6, 6.07) is 8.88. The highest BCUT2D eigenvalue weighted by Gasteiger charge is 2.16. The Morgan fingerprint density at radius 1 is 1.26 bits per heavy atom. The van der Waals surface area contributed by atoms with Crippen LogP contribution < -0.4 is 10.5 Å². The van der Waals surface area contributed by atoms with Crippen LogP contribution in [0.3, 0.4) is 0 Å². The number of aryl methyl sites for hydroxylation is 1. The van der Waals surface area contributed by atoms with E-state index in [-0.39, 0.29) is 10.5 Å². The molecule has 1 aromatic carbocycles. The van der Waals surface area contributed by atoms with Crippen LogP contribution in [0.1, 0.15) is 30.3 Å². The molecule has 0 radical (unpaired) electrons. The summed E-state index contributed by atoms with van der Waals surface area (Å²) in [7, 11) is -3.84. The van der Waals surface area contributed by atoms with E-state index >= 15 is 0 Å². The van der Waals surface area contributed by atoms with Crippen molar-refractivity contribution in [2.75, 3.05) is 11.9 Å². The lowest BCUT2D eigenvalue weighted by atomic mass is 10.1. The van der Waals surface area contributed by atoms with Gasteiger partial charge >= 0.3 is 5.97 Å². The maximum Gasteiger partial charge on any atom is 0.349 e. The molecule has 0 saturated carbocycles. The number of aromatic nitrogens is 1. The molecule has 164 valence electrons. The second-order valence-electron chi connectivity index (χ2n) is 6.84. The van der Waals surface area contributed by atoms with Crippen molar-refractivity contribution < 1.29 is 22.7 Å². The van der Waals surface area contributed by atoms with Crippen molar-refractivity contribution in [3.8, 4) is 6.07 Å². The van der Waals surface area contributed by atoms with Crippen LogP contribution in [0, 0.1) is 25.2 Å². The quantitative estimate of drug-likeness (QED) is 0.363. The van der Waals surface area contributed by atoms with Gasteiger partial charge in [-0.2, -0.15) is 5.26 Å². The number of nitrogens with zero attached hydrogens (tertiary/aromatic N) is 2. The number of rotatable bonds is 8. The highest BCUT2D eigenvalue weighted by molar-refractivity contribution is 7.89. The van der Waals surface area contributed by atoms with Crippen molar-refractivity contribution in [1.82, 2.24) is 4.57 Å². The van der Waals surface area contributed by atoms with E-state index in [1.54, 1.807) is 0 Å². The molecular formula is C21H24N4O5S. The van der Waals surface area contributed by atoms with Crippen LogP contribution >= 0.6 is 0 Å². The first kappa shape index (κ1) is 23.9. The zero-order valence-corrected chi connectivity index (χ0v) is 18.3. The molecule has 9 nitrogen and oxygen atoms in total. The Kier molecular flexibility index (Phi) is 7.74. The van der Waals surface area contributed by atoms with Crippen LogP contribution in [0.4, 0.5) is 5.69 Å². The van der Waals surface area contributed by atoms with Gasteiger partial charge in [0.25, 0.3) is 5.91 Å². The van der Waals surface area contributed by atoms with Crippen molar-refractivity contribution in [2.24, 2.45) is 5.14 Å². The Labute approximate surface area is 181 Å². The monoisotopic (exact) mass is 444 g/mol. The van der Waals surface area contributed by atoms with E-state index in [2.05, 4.69) is 16.8 Å². The first-order chi connectivity index (χ1) is 14.6. The van der Waals surface area contributed by atoms with Gasteiger partial charge in [-0.1, -0.05) is 6.92 Å². The van der Waals surface area contributed by atoms with Crippen LogP contribution in [0.2, 0.25) is 0 Å². The SMILES string of the molecule is CCCn1c(C)cc(/C=C(\C#N)C(=O)OCC(=O)Nc2ccc(S(N)(=O)=O)cc2)c1C. The topological polar surface area (TPSA) is 144 Å². The first-order valence-corrected chi connectivity index (χ1v) is 11.0. The lowest BCUT2D eigenvalue weighted by molar-refractivity contribution is -0.142. The zero-order chi connectivity index (χ0) is 23.2. The summed E-state index contributed by atoms with van der Waals surface area (Å²) < 4.78 is 29.5. The molecule has 0 spiro atoms. The molecule has 0 unspecified atom stereocenters. The first-order valence-electron chi connectivity index (χ1n) is 9.45. The average Bonchev–Trinajstić information content (AvgIpc) is 2.97. The highest BCUT2D eigenvalue weighted by atomic mass is 32.2. The molecule has 31 heavy (non-hydrogen) atoms. The van der Waals surface area contributed by atoms with Crippen LogP contribution in [-0.4, -0.2) is 31.5 Å². The molecule has 0 bridgehead atoms. The maximum absolute atomic E-state index is 12.2. The average molecular weight is 445 g/mol. The highest BCUT2D eigenvalue weighted by Crippen LogP contribution is 2.19. The standard InChI is InChI=1S/C21H24N4O5S/c1-4-9-25-14(2)10-16(15(25)3)11-17(12-22)21(27)30-13-20(26)24-18-5-7-19(8-6-18)31(23,28)29/h5-8,10-11H,4,9,13H2,1-3H3,(H,24,26)(H2,23,28,29)/b17-11+. The number of esters is 1. The Bertz CT molecular complexity index is 1160. The number of carbonyl (C=O) groups excluding carboxylic acids is 2. The minimum atomic E-state index is -3.84. The number of hydrogen-bond donors (Lipinski definition) is 2. The van der Waals surface area contributed by atoms with Gasteiger partial charge in [0, 0.05) is 23.6 Å². The predicted octanol–water partition coefficient (Wildman–Crippen LogP) is 2.25. The molecule has 1 heterocycles. The third-order valence-electron chi connectivity index (χ3n) is 4.50. The summed E-state index contributed by atoms with van der Waals surface area (Å²) >= 11 is 0. The third kappa shape index (κ3) is 6.28. The number of primary sulfonamides is 1. The van der Waals surface area contributed by atoms with Gasteiger partial charge < -0.3 is 14.6 Å². The fourth-order valence-corrected chi connectivity index (χ4v) is 3.48. The molecule has 0 aliphatic carbocycles. The molecule has 3 N–H and O–H groups in total. The van der Waals surface area contributed by atoms with Gasteiger partial charge in [0.2, 0.25) is 10.0 Å².